The molecule has 1 heterocycles. The van der Waals surface area contributed by atoms with E-state index in [1.54, 1.807) is 0 Å². The topological polar surface area (TPSA) is 26.3 Å². The number of carbonyl (C=O) groups excluding carboxylic acids is 1. The number of ether oxygens (including phenoxy) is 1. The summed E-state index contributed by atoms with van der Waals surface area (Å²) in [4.78, 5) is 11.4. The molecular weight excluding hydrogens is 152 g/mol. The number of hydrogen-bond acceptors (Lipinski definition) is 2. The molecule has 1 saturated heterocycles. The van der Waals surface area contributed by atoms with Crippen LogP contribution in [0.5, 0.6) is 0 Å². The van der Waals surface area contributed by atoms with Gasteiger partial charge < -0.3 is 4.74 Å². The fraction of sp³-hybridized carbons (Fsp3) is 0.900. The molecule has 0 aromatic rings. The molecule has 0 aromatic heterocycles. The molecule has 2 heteroatoms. The summed E-state index contributed by atoms with van der Waals surface area (Å²) in [5.74, 6) is 2.01. The maximum absolute atomic E-state index is 11.4. The zero-order valence-electron chi connectivity index (χ0n) is 7.75. The number of esters is 1. The SMILES string of the molecule is C[C@@H]1COC(=O)C2C1CC[C@@H]2C. The summed E-state index contributed by atoms with van der Waals surface area (Å²) in [5.41, 5.74) is 0. The van der Waals surface area contributed by atoms with Crippen molar-refractivity contribution < 1.29 is 9.53 Å². The van der Waals surface area contributed by atoms with E-state index < -0.39 is 0 Å². The molecule has 1 aliphatic heterocycles. The Labute approximate surface area is 73.3 Å². The van der Waals surface area contributed by atoms with Gasteiger partial charge in [0, 0.05) is 0 Å². The van der Waals surface area contributed by atoms with Gasteiger partial charge in [-0.15, -0.1) is 0 Å². The van der Waals surface area contributed by atoms with E-state index in [2.05, 4.69) is 13.8 Å². The van der Waals surface area contributed by atoms with Crippen molar-refractivity contribution in [3.63, 3.8) is 0 Å². The van der Waals surface area contributed by atoms with Crippen LogP contribution in [-0.2, 0) is 9.53 Å². The lowest BCUT2D eigenvalue weighted by Gasteiger charge is -2.31. The monoisotopic (exact) mass is 168 g/mol. The van der Waals surface area contributed by atoms with Crippen molar-refractivity contribution in [1.82, 2.24) is 0 Å². The highest BCUT2D eigenvalue weighted by Gasteiger charge is 2.45. The highest BCUT2D eigenvalue weighted by Crippen LogP contribution is 2.44. The highest BCUT2D eigenvalue weighted by molar-refractivity contribution is 5.74. The van der Waals surface area contributed by atoms with Crippen LogP contribution in [0.4, 0.5) is 0 Å². The molecule has 0 N–H and O–H groups in total. The zero-order valence-corrected chi connectivity index (χ0v) is 7.75. The van der Waals surface area contributed by atoms with E-state index in [1.165, 1.54) is 12.8 Å². The molecule has 12 heavy (non-hydrogen) atoms. The fourth-order valence-electron chi connectivity index (χ4n) is 2.72. The van der Waals surface area contributed by atoms with Gasteiger partial charge in [-0.1, -0.05) is 13.8 Å². The van der Waals surface area contributed by atoms with Crippen LogP contribution < -0.4 is 0 Å². The van der Waals surface area contributed by atoms with Crippen LogP contribution in [0.2, 0.25) is 0 Å². The van der Waals surface area contributed by atoms with Crippen molar-refractivity contribution in [2.45, 2.75) is 26.7 Å². The third kappa shape index (κ3) is 1.05. The van der Waals surface area contributed by atoms with Gasteiger partial charge in [-0.05, 0) is 30.6 Å². The highest BCUT2D eigenvalue weighted by atomic mass is 16.5. The van der Waals surface area contributed by atoms with Crippen molar-refractivity contribution in [2.75, 3.05) is 6.61 Å². The van der Waals surface area contributed by atoms with Gasteiger partial charge in [0.25, 0.3) is 0 Å². The first kappa shape index (κ1) is 8.09. The summed E-state index contributed by atoms with van der Waals surface area (Å²) >= 11 is 0. The number of rotatable bonds is 0. The Bertz CT molecular complexity index is 200. The average Bonchev–Trinajstić information content (AvgIpc) is 2.42. The number of carbonyl (C=O) groups is 1. The van der Waals surface area contributed by atoms with Gasteiger partial charge in [-0.25, -0.2) is 0 Å². The molecule has 2 unspecified atom stereocenters. The van der Waals surface area contributed by atoms with E-state index in [1.807, 2.05) is 0 Å². The number of cyclic esters (lactones) is 1. The van der Waals surface area contributed by atoms with Gasteiger partial charge in [0.15, 0.2) is 0 Å². The summed E-state index contributed by atoms with van der Waals surface area (Å²) < 4.78 is 5.14. The molecule has 0 aromatic carbocycles. The Kier molecular flexibility index (Phi) is 1.85. The number of hydrogen-bond donors (Lipinski definition) is 0. The van der Waals surface area contributed by atoms with E-state index in [-0.39, 0.29) is 11.9 Å². The molecule has 1 saturated carbocycles. The standard InChI is InChI=1S/C10H16O2/c1-6-3-4-8-7(2)5-12-10(11)9(6)8/h6-9H,3-5H2,1-2H3/t6-,7+,8?,9?/m0/s1. The minimum absolute atomic E-state index is 0.0584. The summed E-state index contributed by atoms with van der Waals surface area (Å²) in [6, 6.07) is 0. The predicted molar refractivity (Wildman–Crippen MR) is 45.5 cm³/mol. The minimum atomic E-state index is 0.0584. The molecule has 2 aliphatic rings. The zero-order chi connectivity index (χ0) is 8.72. The first-order chi connectivity index (χ1) is 5.70. The molecule has 2 fully saturated rings. The first-order valence-corrected chi connectivity index (χ1v) is 4.87. The molecule has 2 nitrogen and oxygen atoms in total. The van der Waals surface area contributed by atoms with Crippen LogP contribution >= 0.6 is 0 Å². The molecular formula is C10H16O2. The smallest absolute Gasteiger partial charge is 0.309 e. The average molecular weight is 168 g/mol. The van der Waals surface area contributed by atoms with E-state index in [4.69, 9.17) is 4.74 Å². The Morgan fingerprint density at radius 3 is 2.67 bits per heavy atom. The molecule has 0 spiro atoms. The third-order valence-electron chi connectivity index (χ3n) is 3.52. The van der Waals surface area contributed by atoms with E-state index >= 15 is 0 Å². The molecule has 4 atom stereocenters. The van der Waals surface area contributed by atoms with E-state index in [0.717, 1.165) is 0 Å². The van der Waals surface area contributed by atoms with Crippen LogP contribution in [-0.4, -0.2) is 12.6 Å². The third-order valence-corrected chi connectivity index (χ3v) is 3.52. The predicted octanol–water partition coefficient (Wildman–Crippen LogP) is 1.84. The molecule has 0 radical (unpaired) electrons. The maximum Gasteiger partial charge on any atom is 0.309 e. The second kappa shape index (κ2) is 2.75. The van der Waals surface area contributed by atoms with Crippen LogP contribution in [0.3, 0.4) is 0 Å². The van der Waals surface area contributed by atoms with Gasteiger partial charge >= 0.3 is 5.97 Å². The number of fused-ring (bicyclic) bond motifs is 1. The molecule has 0 amide bonds. The fourth-order valence-corrected chi connectivity index (χ4v) is 2.72. The Morgan fingerprint density at radius 1 is 1.25 bits per heavy atom. The van der Waals surface area contributed by atoms with Crippen LogP contribution in [0.15, 0.2) is 0 Å². The normalized spacial score (nSPS) is 47.0. The van der Waals surface area contributed by atoms with Gasteiger partial charge in [-0.2, -0.15) is 0 Å². The second-order valence-corrected chi connectivity index (χ2v) is 4.35. The molecule has 2 rings (SSSR count). The summed E-state index contributed by atoms with van der Waals surface area (Å²) in [5, 5.41) is 0. The van der Waals surface area contributed by atoms with Gasteiger partial charge in [0.2, 0.25) is 0 Å². The van der Waals surface area contributed by atoms with Gasteiger partial charge in [0.05, 0.1) is 12.5 Å². The van der Waals surface area contributed by atoms with E-state index in [0.29, 0.717) is 24.4 Å². The Hall–Kier alpha value is -0.530. The summed E-state index contributed by atoms with van der Waals surface area (Å²) in [7, 11) is 0. The van der Waals surface area contributed by atoms with Crippen LogP contribution in [0.1, 0.15) is 26.7 Å². The van der Waals surface area contributed by atoms with Gasteiger partial charge in [0.1, 0.15) is 0 Å². The summed E-state index contributed by atoms with van der Waals surface area (Å²) in [6.07, 6.45) is 2.43. The minimum Gasteiger partial charge on any atom is -0.465 e. The lowest BCUT2D eigenvalue weighted by atomic mass is 9.81. The lowest BCUT2D eigenvalue weighted by molar-refractivity contribution is -0.160. The van der Waals surface area contributed by atoms with Crippen molar-refractivity contribution in [1.29, 1.82) is 0 Å². The Morgan fingerprint density at radius 2 is 2.00 bits per heavy atom. The van der Waals surface area contributed by atoms with Crippen molar-refractivity contribution in [3.8, 4) is 0 Å². The van der Waals surface area contributed by atoms with Crippen molar-refractivity contribution in [3.05, 3.63) is 0 Å². The maximum atomic E-state index is 11.4. The Balaban J connectivity index is 2.18. The second-order valence-electron chi connectivity index (χ2n) is 4.35. The van der Waals surface area contributed by atoms with Crippen molar-refractivity contribution >= 4 is 5.97 Å². The van der Waals surface area contributed by atoms with Gasteiger partial charge in [-0.3, -0.25) is 4.79 Å². The summed E-state index contributed by atoms with van der Waals surface area (Å²) in [6.45, 7) is 5.01. The van der Waals surface area contributed by atoms with Crippen molar-refractivity contribution in [2.24, 2.45) is 23.7 Å². The lowest BCUT2D eigenvalue weighted by Crippen LogP contribution is -2.37. The van der Waals surface area contributed by atoms with Crippen LogP contribution in [0.25, 0.3) is 0 Å². The molecule has 68 valence electrons. The van der Waals surface area contributed by atoms with E-state index in [9.17, 15) is 4.79 Å². The largest absolute Gasteiger partial charge is 0.465 e. The van der Waals surface area contributed by atoms with Crippen LogP contribution in [0, 0.1) is 23.7 Å². The molecule has 1 aliphatic carbocycles. The quantitative estimate of drug-likeness (QED) is 0.516. The first-order valence-electron chi connectivity index (χ1n) is 4.87. The molecule has 0 bridgehead atoms.